The third kappa shape index (κ3) is 3.38. The predicted octanol–water partition coefficient (Wildman–Crippen LogP) is 4.74. The van der Waals surface area contributed by atoms with E-state index in [-0.39, 0.29) is 5.41 Å². The molecule has 0 spiro atoms. The predicted molar refractivity (Wildman–Crippen MR) is 105 cm³/mol. The van der Waals surface area contributed by atoms with Gasteiger partial charge in [-0.05, 0) is 29.3 Å². The molecule has 0 bridgehead atoms. The third-order valence-corrected chi connectivity index (χ3v) is 7.24. The molecule has 0 heterocycles. The molecule has 1 atom stereocenters. The van der Waals surface area contributed by atoms with Gasteiger partial charge in [-0.25, -0.2) is 0 Å². The molecular formula is C22H25OP. The fourth-order valence-corrected chi connectivity index (χ4v) is 5.55. The third-order valence-electron chi connectivity index (χ3n) is 4.73. The number of hydrogen-bond donors (Lipinski definition) is 1. The molecule has 0 saturated heterocycles. The zero-order valence-electron chi connectivity index (χ0n) is 14.6. The van der Waals surface area contributed by atoms with Gasteiger partial charge in [-0.1, -0.05) is 99.7 Å². The van der Waals surface area contributed by atoms with Crippen molar-refractivity contribution in [3.8, 4) is 0 Å². The van der Waals surface area contributed by atoms with Crippen LogP contribution in [0.4, 0.5) is 0 Å². The standard InChI is InChI=1S/C22H25OP/c1-21(2,3)22(23)16-10-15-20(17-22)24(18-11-6-4-7-12-18)19-13-8-5-9-14-19/h4-16,23H,17H2,1-3H3. The molecule has 1 aliphatic rings. The van der Waals surface area contributed by atoms with Crippen LogP contribution in [-0.2, 0) is 0 Å². The Hall–Kier alpha value is -1.69. The summed E-state index contributed by atoms with van der Waals surface area (Å²) in [6.07, 6.45) is 6.87. The maximum atomic E-state index is 11.2. The molecule has 124 valence electrons. The maximum absolute atomic E-state index is 11.2. The fourth-order valence-electron chi connectivity index (χ4n) is 3.02. The molecule has 2 aromatic carbocycles. The number of allylic oxidation sites excluding steroid dienone is 2. The zero-order valence-corrected chi connectivity index (χ0v) is 15.5. The minimum absolute atomic E-state index is 0.197. The zero-order chi connectivity index (χ0) is 17.2. The van der Waals surface area contributed by atoms with Gasteiger partial charge in [0.05, 0.1) is 5.60 Å². The molecule has 0 aliphatic heterocycles. The lowest BCUT2D eigenvalue weighted by molar-refractivity contribution is -0.0126. The average molecular weight is 336 g/mol. The molecule has 0 radical (unpaired) electrons. The number of benzene rings is 2. The lowest BCUT2D eigenvalue weighted by Crippen LogP contribution is -2.42. The van der Waals surface area contributed by atoms with Crippen molar-refractivity contribution in [1.82, 2.24) is 0 Å². The highest BCUT2D eigenvalue weighted by Gasteiger charge is 2.40. The molecule has 0 amide bonds. The summed E-state index contributed by atoms with van der Waals surface area (Å²) < 4.78 is 0. The Bertz CT molecular complexity index is 701. The Labute approximate surface area is 146 Å². The maximum Gasteiger partial charge on any atom is 0.0919 e. The summed E-state index contributed by atoms with van der Waals surface area (Å²) in [6.45, 7) is 6.31. The Morgan fingerprint density at radius 3 is 1.83 bits per heavy atom. The van der Waals surface area contributed by atoms with Crippen molar-refractivity contribution in [1.29, 1.82) is 0 Å². The Morgan fingerprint density at radius 2 is 1.38 bits per heavy atom. The van der Waals surface area contributed by atoms with E-state index in [1.54, 1.807) is 0 Å². The van der Waals surface area contributed by atoms with E-state index in [2.05, 4.69) is 87.5 Å². The second kappa shape index (κ2) is 6.67. The first kappa shape index (κ1) is 17.1. The topological polar surface area (TPSA) is 20.2 Å². The van der Waals surface area contributed by atoms with E-state index < -0.39 is 13.5 Å². The van der Waals surface area contributed by atoms with E-state index in [1.807, 2.05) is 12.2 Å². The van der Waals surface area contributed by atoms with Crippen LogP contribution in [0.2, 0.25) is 0 Å². The van der Waals surface area contributed by atoms with Crippen molar-refractivity contribution in [3.05, 3.63) is 84.2 Å². The van der Waals surface area contributed by atoms with Crippen LogP contribution in [0.15, 0.2) is 84.2 Å². The molecule has 0 aromatic heterocycles. The normalized spacial score (nSPS) is 21.0. The first-order chi connectivity index (χ1) is 11.4. The Morgan fingerprint density at radius 1 is 0.875 bits per heavy atom. The first-order valence-electron chi connectivity index (χ1n) is 8.42. The summed E-state index contributed by atoms with van der Waals surface area (Å²) in [5.41, 5.74) is -1.00. The van der Waals surface area contributed by atoms with Crippen LogP contribution in [-0.4, -0.2) is 10.7 Å². The molecule has 3 rings (SSSR count). The summed E-state index contributed by atoms with van der Waals surface area (Å²) in [6, 6.07) is 21.3. The van der Waals surface area contributed by atoms with Crippen LogP contribution in [0, 0.1) is 5.41 Å². The highest BCUT2D eigenvalue weighted by Crippen LogP contribution is 2.51. The van der Waals surface area contributed by atoms with Gasteiger partial charge in [-0.3, -0.25) is 0 Å². The molecule has 24 heavy (non-hydrogen) atoms. The highest BCUT2D eigenvalue weighted by atomic mass is 31.1. The van der Waals surface area contributed by atoms with E-state index >= 15 is 0 Å². The summed E-state index contributed by atoms with van der Waals surface area (Å²) in [4.78, 5) is 0. The van der Waals surface area contributed by atoms with Crippen molar-refractivity contribution in [2.45, 2.75) is 32.8 Å². The van der Waals surface area contributed by atoms with Gasteiger partial charge in [0, 0.05) is 6.42 Å². The fraction of sp³-hybridized carbons (Fsp3) is 0.273. The van der Waals surface area contributed by atoms with E-state index in [4.69, 9.17) is 0 Å². The minimum Gasteiger partial charge on any atom is -0.385 e. The van der Waals surface area contributed by atoms with E-state index in [1.165, 1.54) is 15.9 Å². The summed E-state index contributed by atoms with van der Waals surface area (Å²) in [5, 5.41) is 15.2. The molecule has 0 saturated carbocycles. The Balaban J connectivity index is 2.05. The lowest BCUT2D eigenvalue weighted by atomic mass is 9.73. The van der Waals surface area contributed by atoms with Gasteiger partial charge in [0.2, 0.25) is 0 Å². The minimum atomic E-state index is -0.804. The smallest absolute Gasteiger partial charge is 0.0919 e. The van der Waals surface area contributed by atoms with Crippen LogP contribution in [0.25, 0.3) is 0 Å². The molecule has 1 nitrogen and oxygen atoms in total. The van der Waals surface area contributed by atoms with Crippen molar-refractivity contribution < 1.29 is 5.11 Å². The number of hydrogen-bond acceptors (Lipinski definition) is 1. The average Bonchev–Trinajstić information content (AvgIpc) is 2.56. The molecular weight excluding hydrogens is 311 g/mol. The van der Waals surface area contributed by atoms with Crippen molar-refractivity contribution in [2.75, 3.05) is 0 Å². The molecule has 1 N–H and O–H groups in total. The first-order valence-corrected chi connectivity index (χ1v) is 9.76. The number of aliphatic hydroxyl groups is 1. The molecule has 1 aliphatic carbocycles. The monoisotopic (exact) mass is 336 g/mol. The van der Waals surface area contributed by atoms with Crippen LogP contribution in [0.5, 0.6) is 0 Å². The quantitative estimate of drug-likeness (QED) is 0.803. The second-order valence-corrected chi connectivity index (χ2v) is 9.65. The van der Waals surface area contributed by atoms with Crippen LogP contribution >= 0.6 is 7.92 Å². The van der Waals surface area contributed by atoms with Crippen LogP contribution in [0.3, 0.4) is 0 Å². The van der Waals surface area contributed by atoms with Gasteiger partial charge in [0.15, 0.2) is 0 Å². The van der Waals surface area contributed by atoms with E-state index in [0.29, 0.717) is 6.42 Å². The van der Waals surface area contributed by atoms with Gasteiger partial charge in [0.25, 0.3) is 0 Å². The van der Waals surface area contributed by atoms with Crippen LogP contribution in [0.1, 0.15) is 27.2 Å². The van der Waals surface area contributed by atoms with Crippen molar-refractivity contribution in [3.63, 3.8) is 0 Å². The molecule has 1 unspecified atom stereocenters. The highest BCUT2D eigenvalue weighted by molar-refractivity contribution is 7.76. The van der Waals surface area contributed by atoms with Gasteiger partial charge in [-0.15, -0.1) is 0 Å². The number of rotatable bonds is 3. The van der Waals surface area contributed by atoms with E-state index in [0.717, 1.165) is 0 Å². The summed E-state index contributed by atoms with van der Waals surface area (Å²) in [7, 11) is -0.625. The largest absolute Gasteiger partial charge is 0.385 e. The van der Waals surface area contributed by atoms with E-state index in [9.17, 15) is 5.11 Å². The van der Waals surface area contributed by atoms with Gasteiger partial charge < -0.3 is 5.11 Å². The van der Waals surface area contributed by atoms with Crippen molar-refractivity contribution in [2.24, 2.45) is 5.41 Å². The second-order valence-electron chi connectivity index (χ2n) is 7.37. The summed E-state index contributed by atoms with van der Waals surface area (Å²) in [5.74, 6) is 0. The Kier molecular flexibility index (Phi) is 4.76. The SMILES string of the molecule is CC(C)(C)C1(O)C=CC=C(P(c2ccccc2)c2ccccc2)C1. The van der Waals surface area contributed by atoms with Gasteiger partial charge in [0.1, 0.15) is 0 Å². The van der Waals surface area contributed by atoms with Crippen LogP contribution < -0.4 is 10.6 Å². The molecule has 0 fully saturated rings. The molecule has 2 heteroatoms. The van der Waals surface area contributed by atoms with Gasteiger partial charge >= 0.3 is 0 Å². The lowest BCUT2D eigenvalue weighted by Gasteiger charge is -2.41. The molecule has 2 aromatic rings. The summed E-state index contributed by atoms with van der Waals surface area (Å²) >= 11 is 0. The van der Waals surface area contributed by atoms with Gasteiger partial charge in [-0.2, -0.15) is 0 Å². The van der Waals surface area contributed by atoms with Crippen molar-refractivity contribution >= 4 is 18.5 Å².